The number of pyridine rings is 2. The van der Waals surface area contributed by atoms with Crippen molar-refractivity contribution in [3.05, 3.63) is 77.1 Å². The van der Waals surface area contributed by atoms with Crippen LogP contribution in [0.4, 0.5) is 10.1 Å². The second-order valence-electron chi connectivity index (χ2n) is 10.8. The number of anilines is 1. The maximum Gasteiger partial charge on any atom is 0.227 e. The number of rotatable bonds is 5. The molecule has 0 saturated heterocycles. The van der Waals surface area contributed by atoms with Gasteiger partial charge in [0.1, 0.15) is 17.3 Å². The molecule has 1 aliphatic heterocycles. The van der Waals surface area contributed by atoms with Gasteiger partial charge in [-0.1, -0.05) is 12.8 Å². The van der Waals surface area contributed by atoms with E-state index in [-0.39, 0.29) is 17.6 Å². The third kappa shape index (κ3) is 4.74. The number of carbonyl (C=O) groups is 1. The van der Waals surface area contributed by atoms with Gasteiger partial charge in [0.25, 0.3) is 0 Å². The van der Waals surface area contributed by atoms with Gasteiger partial charge in [-0.05, 0) is 54.8 Å². The van der Waals surface area contributed by atoms with Gasteiger partial charge in [0.2, 0.25) is 5.91 Å². The smallest absolute Gasteiger partial charge is 0.227 e. The number of nitrogens with zero attached hydrogens (tertiary/aromatic N) is 5. The SMILES string of the molecule is Cn1nc(-c2cc3c(-c4cc(O)cc(F)c4)cncc3[nH]2)c2c1=CCN=C(c1cncc(NC(=O)C3CCCC3)c1)C=2. The Morgan fingerprint density at radius 1 is 1.05 bits per heavy atom. The van der Waals surface area contributed by atoms with Crippen molar-refractivity contribution in [1.29, 1.82) is 0 Å². The lowest BCUT2D eigenvalue weighted by atomic mass is 10.0. The predicted octanol–water partition coefficient (Wildman–Crippen LogP) is 4.06. The first-order valence-corrected chi connectivity index (χ1v) is 14.0. The molecule has 4 aromatic heterocycles. The summed E-state index contributed by atoms with van der Waals surface area (Å²) < 4.78 is 15.9. The van der Waals surface area contributed by atoms with E-state index in [1.807, 2.05) is 36.0 Å². The van der Waals surface area contributed by atoms with Gasteiger partial charge in [-0.2, -0.15) is 5.10 Å². The summed E-state index contributed by atoms with van der Waals surface area (Å²) in [5, 5.41) is 20.5. The average molecular weight is 562 g/mol. The first-order chi connectivity index (χ1) is 20.4. The summed E-state index contributed by atoms with van der Waals surface area (Å²) in [5.41, 5.74) is 5.64. The maximum absolute atomic E-state index is 14.1. The molecule has 0 bridgehead atoms. The summed E-state index contributed by atoms with van der Waals surface area (Å²) in [6, 6.07) is 7.84. The number of aliphatic imine (C=N–C) groups is 1. The second kappa shape index (κ2) is 10.4. The van der Waals surface area contributed by atoms with Crippen molar-refractivity contribution in [3.63, 3.8) is 0 Å². The Labute approximate surface area is 240 Å². The van der Waals surface area contributed by atoms with Crippen LogP contribution in [0.15, 0.2) is 60.1 Å². The standard InChI is InChI=1S/C32H28FN7O2/c1-40-30-6-7-36-27(20-9-22(15-34-14-20)37-32(42)18-4-2-3-5-18)13-25(30)31(39-40)28-12-24-26(16-35-17-29(24)38-28)19-8-21(33)11-23(41)10-19/h6,8-18,38,41H,2-5,7H2,1H3,(H,37,42). The first-order valence-electron chi connectivity index (χ1n) is 14.0. The van der Waals surface area contributed by atoms with E-state index in [2.05, 4.69) is 20.3 Å². The van der Waals surface area contributed by atoms with Gasteiger partial charge in [-0.25, -0.2) is 4.39 Å². The number of phenols is 1. The molecule has 1 fully saturated rings. The van der Waals surface area contributed by atoms with Gasteiger partial charge in [0.05, 0.1) is 46.9 Å². The summed E-state index contributed by atoms with van der Waals surface area (Å²) in [6.07, 6.45) is 14.8. The fourth-order valence-electron chi connectivity index (χ4n) is 5.94. The molecule has 42 heavy (non-hydrogen) atoms. The van der Waals surface area contributed by atoms with Crippen LogP contribution in [-0.2, 0) is 11.8 Å². The van der Waals surface area contributed by atoms with Crippen LogP contribution in [0.5, 0.6) is 5.75 Å². The number of hydrogen-bond donors (Lipinski definition) is 3. The lowest BCUT2D eigenvalue weighted by Crippen LogP contribution is -2.29. The highest BCUT2D eigenvalue weighted by Gasteiger charge is 2.23. The van der Waals surface area contributed by atoms with E-state index in [0.717, 1.165) is 75.9 Å². The Balaban J connectivity index is 1.28. The van der Waals surface area contributed by atoms with Crippen molar-refractivity contribution in [2.24, 2.45) is 18.0 Å². The van der Waals surface area contributed by atoms with E-state index in [0.29, 0.717) is 23.4 Å². The Kier molecular flexibility index (Phi) is 6.38. The highest BCUT2D eigenvalue weighted by molar-refractivity contribution is 6.21. The van der Waals surface area contributed by atoms with Crippen LogP contribution < -0.4 is 15.9 Å². The van der Waals surface area contributed by atoms with Crippen molar-refractivity contribution in [2.75, 3.05) is 11.9 Å². The summed E-state index contributed by atoms with van der Waals surface area (Å²) >= 11 is 0. The van der Waals surface area contributed by atoms with Crippen molar-refractivity contribution >= 4 is 40.4 Å². The molecule has 7 rings (SSSR count). The van der Waals surface area contributed by atoms with E-state index < -0.39 is 5.82 Å². The Morgan fingerprint density at radius 2 is 1.88 bits per heavy atom. The largest absolute Gasteiger partial charge is 0.508 e. The molecule has 1 saturated carbocycles. The fraction of sp³-hybridized carbons (Fsp3) is 0.219. The highest BCUT2D eigenvalue weighted by atomic mass is 19.1. The summed E-state index contributed by atoms with van der Waals surface area (Å²) in [6.45, 7) is 0.459. The molecule has 0 radical (unpaired) electrons. The number of H-pyrrole nitrogens is 1. The zero-order valence-corrected chi connectivity index (χ0v) is 22.9. The molecular formula is C32H28FN7O2. The number of phenolic OH excluding ortho intramolecular Hbond substituents is 1. The number of aromatic hydroxyl groups is 1. The predicted molar refractivity (Wildman–Crippen MR) is 160 cm³/mol. The lowest BCUT2D eigenvalue weighted by Gasteiger charge is -2.11. The maximum atomic E-state index is 14.1. The molecule has 3 N–H and O–H groups in total. The number of aromatic nitrogens is 5. The molecular weight excluding hydrogens is 533 g/mol. The van der Waals surface area contributed by atoms with Gasteiger partial charge in [0.15, 0.2) is 0 Å². The van der Waals surface area contributed by atoms with Gasteiger partial charge in [-0.3, -0.25) is 24.4 Å². The number of carbonyl (C=O) groups excluding carboxylic acids is 1. The fourth-order valence-corrected chi connectivity index (χ4v) is 5.94. The molecule has 10 heteroatoms. The van der Waals surface area contributed by atoms with Crippen molar-refractivity contribution in [1.82, 2.24) is 24.7 Å². The van der Waals surface area contributed by atoms with E-state index in [1.54, 1.807) is 24.8 Å². The summed E-state index contributed by atoms with van der Waals surface area (Å²) in [5.74, 6) is -0.573. The number of benzene rings is 1. The van der Waals surface area contributed by atoms with Crippen LogP contribution in [0, 0.1) is 11.7 Å². The number of fused-ring (bicyclic) bond motifs is 2. The third-order valence-corrected chi connectivity index (χ3v) is 7.98. The van der Waals surface area contributed by atoms with Gasteiger partial charge in [-0.15, -0.1) is 0 Å². The van der Waals surface area contributed by atoms with Crippen LogP contribution in [0.3, 0.4) is 0 Å². The van der Waals surface area contributed by atoms with Gasteiger partial charge in [0, 0.05) is 53.2 Å². The highest BCUT2D eigenvalue weighted by Crippen LogP contribution is 2.32. The molecule has 9 nitrogen and oxygen atoms in total. The van der Waals surface area contributed by atoms with Crippen molar-refractivity contribution < 1.29 is 14.3 Å². The number of hydrogen-bond acceptors (Lipinski definition) is 6. The number of nitrogens with one attached hydrogen (secondary N) is 2. The number of aryl methyl sites for hydroxylation is 1. The van der Waals surface area contributed by atoms with E-state index in [1.165, 1.54) is 12.1 Å². The third-order valence-electron chi connectivity index (χ3n) is 7.98. The average Bonchev–Trinajstić information content (AvgIpc) is 3.69. The molecule has 1 amide bonds. The van der Waals surface area contributed by atoms with E-state index >= 15 is 0 Å². The summed E-state index contributed by atoms with van der Waals surface area (Å²) in [7, 11) is 1.89. The van der Waals surface area contributed by atoms with Crippen LogP contribution >= 0.6 is 0 Å². The number of aromatic amines is 1. The van der Waals surface area contributed by atoms with Crippen LogP contribution in [-0.4, -0.2) is 48.0 Å². The minimum absolute atomic E-state index is 0.0459. The molecule has 5 aromatic rings. The lowest BCUT2D eigenvalue weighted by molar-refractivity contribution is -0.119. The molecule has 5 heterocycles. The van der Waals surface area contributed by atoms with Gasteiger partial charge < -0.3 is 15.4 Å². The monoisotopic (exact) mass is 561 g/mol. The molecule has 1 aromatic carbocycles. The van der Waals surface area contributed by atoms with Crippen LogP contribution in [0.1, 0.15) is 31.2 Å². The van der Waals surface area contributed by atoms with E-state index in [4.69, 9.17) is 10.1 Å². The zero-order chi connectivity index (χ0) is 28.8. The normalized spacial score (nSPS) is 15.0. The van der Waals surface area contributed by atoms with Gasteiger partial charge >= 0.3 is 0 Å². The summed E-state index contributed by atoms with van der Waals surface area (Å²) in [4.78, 5) is 29.7. The minimum Gasteiger partial charge on any atom is -0.508 e. The first kappa shape index (κ1) is 25.8. The molecule has 2 aliphatic rings. The molecule has 0 unspecified atom stereocenters. The van der Waals surface area contributed by atoms with Crippen LogP contribution in [0.2, 0.25) is 0 Å². The molecule has 0 atom stereocenters. The van der Waals surface area contributed by atoms with Crippen LogP contribution in [0.25, 0.3) is 45.6 Å². The van der Waals surface area contributed by atoms with Crippen molar-refractivity contribution in [2.45, 2.75) is 25.7 Å². The Hall–Kier alpha value is -5.12. The molecule has 210 valence electrons. The topological polar surface area (TPSA) is 121 Å². The molecule has 0 spiro atoms. The number of amides is 1. The number of halogens is 1. The zero-order valence-electron chi connectivity index (χ0n) is 22.9. The minimum atomic E-state index is -0.526. The molecule has 1 aliphatic carbocycles. The Morgan fingerprint density at radius 3 is 2.71 bits per heavy atom. The quantitative estimate of drug-likeness (QED) is 0.299. The Bertz CT molecular complexity index is 2000. The van der Waals surface area contributed by atoms with E-state index in [9.17, 15) is 14.3 Å². The second-order valence-corrected chi connectivity index (χ2v) is 10.8. The van der Waals surface area contributed by atoms with Crippen molar-refractivity contribution in [3.8, 4) is 28.3 Å².